The number of aliphatic imine (C=N–C) groups is 1. The zero-order valence-electron chi connectivity index (χ0n) is 9.45. The van der Waals surface area contributed by atoms with E-state index in [0.29, 0.717) is 0 Å². The number of nitrogens with one attached hydrogen (secondary N) is 1. The van der Waals surface area contributed by atoms with E-state index < -0.39 is 0 Å². The molecule has 0 unspecified atom stereocenters. The molecule has 3 rings (SSSR count). The Hall–Kier alpha value is -2.09. The maximum absolute atomic E-state index is 4.53. The van der Waals surface area contributed by atoms with Crippen molar-refractivity contribution in [3.05, 3.63) is 71.8 Å². The van der Waals surface area contributed by atoms with Gasteiger partial charge in [-0.3, -0.25) is 4.99 Å². The Morgan fingerprint density at radius 1 is 0.765 bits per heavy atom. The van der Waals surface area contributed by atoms with Crippen molar-refractivity contribution in [2.45, 2.75) is 12.1 Å². The summed E-state index contributed by atoms with van der Waals surface area (Å²) in [7, 11) is 0. The largest absolute Gasteiger partial charge is 0.367 e. The predicted octanol–water partition coefficient (Wildman–Crippen LogP) is 3.10. The zero-order valence-corrected chi connectivity index (χ0v) is 9.45. The topological polar surface area (TPSA) is 24.4 Å². The molecule has 0 spiro atoms. The highest BCUT2D eigenvalue weighted by atomic mass is 15.1. The summed E-state index contributed by atoms with van der Waals surface area (Å²) in [5, 5.41) is 3.33. The molecule has 0 aliphatic carbocycles. The minimum absolute atomic E-state index is 0.179. The second-order valence-corrected chi connectivity index (χ2v) is 4.19. The maximum atomic E-state index is 4.53. The van der Waals surface area contributed by atoms with Crippen LogP contribution in [0.5, 0.6) is 0 Å². The Morgan fingerprint density at radius 3 is 2.00 bits per heavy atom. The second kappa shape index (κ2) is 4.42. The molecule has 0 aromatic heterocycles. The van der Waals surface area contributed by atoms with E-state index in [1.165, 1.54) is 11.1 Å². The summed E-state index contributed by atoms with van der Waals surface area (Å²) in [6.07, 6.45) is 1.81. The van der Waals surface area contributed by atoms with Gasteiger partial charge in [0.1, 0.15) is 6.04 Å². The summed E-state index contributed by atoms with van der Waals surface area (Å²) in [5.41, 5.74) is 2.53. The van der Waals surface area contributed by atoms with Crippen molar-refractivity contribution in [2.75, 3.05) is 0 Å². The molecule has 0 bridgehead atoms. The summed E-state index contributed by atoms with van der Waals surface area (Å²) in [6, 6.07) is 21.3. The third kappa shape index (κ3) is 1.94. The van der Waals surface area contributed by atoms with Gasteiger partial charge in [0.15, 0.2) is 0 Å². The van der Waals surface area contributed by atoms with Gasteiger partial charge in [0.05, 0.1) is 12.4 Å². The van der Waals surface area contributed by atoms with Crippen LogP contribution in [0.1, 0.15) is 23.2 Å². The fraction of sp³-hybridized carbons (Fsp3) is 0.133. The average Bonchev–Trinajstić information content (AvgIpc) is 2.90. The molecular weight excluding hydrogens is 208 g/mol. The minimum Gasteiger partial charge on any atom is -0.367 e. The molecule has 2 aromatic rings. The maximum Gasteiger partial charge on any atom is 0.101 e. The van der Waals surface area contributed by atoms with Crippen LogP contribution < -0.4 is 5.32 Å². The molecule has 2 nitrogen and oxygen atoms in total. The molecule has 2 aromatic carbocycles. The lowest BCUT2D eigenvalue weighted by Gasteiger charge is -2.19. The van der Waals surface area contributed by atoms with Crippen molar-refractivity contribution >= 4 is 6.34 Å². The molecule has 1 aliphatic rings. The first kappa shape index (κ1) is 10.1. The summed E-state index contributed by atoms with van der Waals surface area (Å²) < 4.78 is 0. The highest BCUT2D eigenvalue weighted by Crippen LogP contribution is 2.34. The van der Waals surface area contributed by atoms with Crippen LogP contribution in [-0.4, -0.2) is 6.34 Å². The van der Waals surface area contributed by atoms with Gasteiger partial charge in [-0.15, -0.1) is 0 Å². The molecule has 1 aliphatic heterocycles. The molecular formula is C15H14N2. The van der Waals surface area contributed by atoms with Crippen molar-refractivity contribution in [3.63, 3.8) is 0 Å². The smallest absolute Gasteiger partial charge is 0.101 e. The van der Waals surface area contributed by atoms with Gasteiger partial charge < -0.3 is 5.32 Å². The van der Waals surface area contributed by atoms with Crippen LogP contribution in [0.2, 0.25) is 0 Å². The van der Waals surface area contributed by atoms with Crippen molar-refractivity contribution in [2.24, 2.45) is 4.99 Å². The first-order chi connectivity index (χ1) is 8.45. The third-order valence-electron chi connectivity index (χ3n) is 3.10. The molecule has 0 radical (unpaired) electrons. The number of hydrogen-bond donors (Lipinski definition) is 1. The Balaban J connectivity index is 1.93. The molecule has 0 amide bonds. The monoisotopic (exact) mass is 222 g/mol. The summed E-state index contributed by atoms with van der Waals surface area (Å²) in [6.45, 7) is 0. The molecule has 17 heavy (non-hydrogen) atoms. The van der Waals surface area contributed by atoms with Gasteiger partial charge in [0.25, 0.3) is 0 Å². The Kier molecular flexibility index (Phi) is 2.62. The van der Waals surface area contributed by atoms with Crippen LogP contribution >= 0.6 is 0 Å². The Morgan fingerprint density at radius 2 is 1.35 bits per heavy atom. The van der Waals surface area contributed by atoms with Crippen LogP contribution in [0, 0.1) is 0 Å². The van der Waals surface area contributed by atoms with Gasteiger partial charge >= 0.3 is 0 Å². The normalized spacial score (nSPS) is 22.4. The van der Waals surface area contributed by atoms with Crippen LogP contribution in [0.15, 0.2) is 65.7 Å². The van der Waals surface area contributed by atoms with Gasteiger partial charge in [0, 0.05) is 0 Å². The van der Waals surface area contributed by atoms with Crippen LogP contribution in [0.4, 0.5) is 0 Å². The molecule has 0 saturated heterocycles. The van der Waals surface area contributed by atoms with Crippen molar-refractivity contribution < 1.29 is 0 Å². The van der Waals surface area contributed by atoms with Crippen molar-refractivity contribution in [1.29, 1.82) is 0 Å². The Bertz CT molecular complexity index is 505. The van der Waals surface area contributed by atoms with E-state index in [1.807, 2.05) is 18.5 Å². The van der Waals surface area contributed by atoms with Crippen LogP contribution in [0.25, 0.3) is 0 Å². The van der Waals surface area contributed by atoms with E-state index in [4.69, 9.17) is 0 Å². The van der Waals surface area contributed by atoms with E-state index in [1.54, 1.807) is 0 Å². The van der Waals surface area contributed by atoms with E-state index >= 15 is 0 Å². The average molecular weight is 222 g/mol. The summed E-state index contributed by atoms with van der Waals surface area (Å²) in [5.74, 6) is 0. The highest BCUT2D eigenvalue weighted by molar-refractivity contribution is 5.60. The molecule has 1 heterocycles. The van der Waals surface area contributed by atoms with Crippen molar-refractivity contribution in [3.8, 4) is 0 Å². The van der Waals surface area contributed by atoms with Crippen LogP contribution in [0.3, 0.4) is 0 Å². The lowest BCUT2D eigenvalue weighted by molar-refractivity contribution is 0.573. The van der Waals surface area contributed by atoms with Gasteiger partial charge in [-0.1, -0.05) is 60.7 Å². The number of hydrogen-bond acceptors (Lipinski definition) is 2. The van der Waals surface area contributed by atoms with E-state index in [9.17, 15) is 0 Å². The SMILES string of the molecule is C1=N[C@@H](c2ccccc2)[C@H](c2ccccc2)N1. The lowest BCUT2D eigenvalue weighted by Crippen LogP contribution is -2.18. The summed E-state index contributed by atoms with van der Waals surface area (Å²) >= 11 is 0. The van der Waals surface area contributed by atoms with Crippen LogP contribution in [-0.2, 0) is 0 Å². The Labute approximate surface area is 101 Å². The molecule has 2 atom stereocenters. The predicted molar refractivity (Wildman–Crippen MR) is 70.0 cm³/mol. The van der Waals surface area contributed by atoms with Gasteiger partial charge in [0.2, 0.25) is 0 Å². The fourth-order valence-electron chi connectivity index (χ4n) is 2.25. The minimum atomic E-state index is 0.179. The fourth-order valence-corrected chi connectivity index (χ4v) is 2.25. The van der Waals surface area contributed by atoms with Gasteiger partial charge in [-0.2, -0.15) is 0 Å². The van der Waals surface area contributed by atoms with E-state index in [-0.39, 0.29) is 12.1 Å². The standard InChI is InChI=1S/C15H14N2/c1-3-7-12(8-4-1)14-15(17-11-16-14)13-9-5-2-6-10-13/h1-11,14-15H,(H,16,17)/t14-,15-/m0/s1. The lowest BCUT2D eigenvalue weighted by atomic mass is 9.95. The quantitative estimate of drug-likeness (QED) is 0.829. The van der Waals surface area contributed by atoms with Gasteiger partial charge in [-0.25, -0.2) is 0 Å². The second-order valence-electron chi connectivity index (χ2n) is 4.19. The number of rotatable bonds is 2. The molecule has 2 heteroatoms. The summed E-state index contributed by atoms with van der Waals surface area (Å²) in [4.78, 5) is 4.53. The first-order valence-electron chi connectivity index (χ1n) is 5.83. The number of nitrogens with zero attached hydrogens (tertiary/aromatic N) is 1. The first-order valence-corrected chi connectivity index (χ1v) is 5.83. The van der Waals surface area contributed by atoms with E-state index in [2.05, 4.69) is 58.8 Å². The molecule has 84 valence electrons. The molecule has 1 N–H and O–H groups in total. The van der Waals surface area contributed by atoms with Gasteiger partial charge in [-0.05, 0) is 11.1 Å². The molecule has 0 fully saturated rings. The zero-order chi connectivity index (χ0) is 11.5. The van der Waals surface area contributed by atoms with E-state index in [0.717, 1.165) is 0 Å². The van der Waals surface area contributed by atoms with Crippen molar-refractivity contribution in [1.82, 2.24) is 5.32 Å². The highest BCUT2D eigenvalue weighted by Gasteiger charge is 2.26. The third-order valence-corrected chi connectivity index (χ3v) is 3.10. The number of benzene rings is 2. The molecule has 0 saturated carbocycles.